The van der Waals surface area contributed by atoms with E-state index in [-0.39, 0.29) is 12.2 Å². The molecule has 0 aliphatic heterocycles. The lowest BCUT2D eigenvalue weighted by molar-refractivity contribution is 1.78. The van der Waals surface area contributed by atoms with E-state index in [1.807, 2.05) is 19.6 Å². The molecule has 0 aromatic heterocycles. The topological polar surface area (TPSA) is 0 Å². The average molecular weight is 103 g/mol. The highest BCUT2D eigenvalue weighted by atomic mass is 28.3. The van der Waals surface area contributed by atoms with Gasteiger partial charge in [0.05, 0.1) is 12.2 Å². The minimum atomic E-state index is -1.65. The number of hydrogen-bond donors (Lipinski definition) is 0. The van der Waals surface area contributed by atoms with Gasteiger partial charge >= 0.3 is 0 Å². The van der Waals surface area contributed by atoms with Crippen LogP contribution >= 0.6 is 0 Å². The first-order chi connectivity index (χ1) is 3.85. The molecule has 0 fully saturated rings. The molecule has 0 heterocycles. The second-order valence-corrected chi connectivity index (χ2v) is 7.12. The number of hydrogen-bond acceptors (Lipinski definition) is 0. The third-order valence-electron chi connectivity index (χ3n) is 0.375. The summed E-state index contributed by atoms with van der Waals surface area (Å²) < 4.78 is 20.9. The highest BCUT2D eigenvalue weighted by Gasteiger charge is 2.03. The smallest absolute Gasteiger partial charge is 0.0679 e. The first-order valence-corrected chi connectivity index (χ1v) is 5.50. The van der Waals surface area contributed by atoms with Crippen molar-refractivity contribution in [1.82, 2.24) is 0 Å². The van der Waals surface area contributed by atoms with Crippen LogP contribution in [-0.4, -0.2) is 8.07 Å². The van der Waals surface area contributed by atoms with Crippen molar-refractivity contribution in [3.05, 3.63) is 12.2 Å². The van der Waals surface area contributed by atoms with Gasteiger partial charge in [-0.15, -0.1) is 12.2 Å². The Kier molecular flexibility index (Phi) is 0.618. The van der Waals surface area contributed by atoms with E-state index in [9.17, 15) is 0 Å². The standard InChI is InChI=1S/C5H12Si/c1-5-6(2,3)4/h5H,1H2,2-4H3/i1D2,5D. The van der Waals surface area contributed by atoms with Gasteiger partial charge in [0, 0.05) is 0 Å². The fraction of sp³-hybridized carbons (Fsp3) is 0.600. The summed E-state index contributed by atoms with van der Waals surface area (Å²) in [4.78, 5) is 0. The second-order valence-electron chi connectivity index (χ2n) is 2.38. The summed E-state index contributed by atoms with van der Waals surface area (Å²) in [5.74, 6) is 0. The van der Waals surface area contributed by atoms with Crippen LogP contribution in [0.4, 0.5) is 0 Å². The van der Waals surface area contributed by atoms with Crippen LogP contribution in [0.15, 0.2) is 12.2 Å². The normalized spacial score (nSPS) is 17.5. The van der Waals surface area contributed by atoms with Gasteiger partial charge in [0.2, 0.25) is 0 Å². The monoisotopic (exact) mass is 103 g/mol. The zero-order valence-corrected chi connectivity index (χ0v) is 5.50. The maximum atomic E-state index is 7.24. The van der Waals surface area contributed by atoms with Crippen molar-refractivity contribution >= 4 is 8.07 Å². The van der Waals surface area contributed by atoms with Crippen LogP contribution in [0.1, 0.15) is 4.11 Å². The van der Waals surface area contributed by atoms with Crippen molar-refractivity contribution in [1.29, 1.82) is 0 Å². The highest BCUT2D eigenvalue weighted by molar-refractivity contribution is 6.80. The van der Waals surface area contributed by atoms with E-state index in [4.69, 9.17) is 4.11 Å². The van der Waals surface area contributed by atoms with E-state index >= 15 is 0 Å². The summed E-state index contributed by atoms with van der Waals surface area (Å²) in [5.41, 5.74) is 0.225. The predicted octanol–water partition coefficient (Wildman–Crippen LogP) is 2.05. The van der Waals surface area contributed by atoms with E-state index in [2.05, 4.69) is 0 Å². The summed E-state index contributed by atoms with van der Waals surface area (Å²) in [6.07, 6.45) is 0. The predicted molar refractivity (Wildman–Crippen MR) is 33.5 cm³/mol. The lowest BCUT2D eigenvalue weighted by Gasteiger charge is -2.04. The quantitative estimate of drug-likeness (QED) is 0.446. The summed E-state index contributed by atoms with van der Waals surface area (Å²) in [5, 5.41) is 0. The van der Waals surface area contributed by atoms with Gasteiger partial charge in [-0.2, -0.15) is 0 Å². The first-order valence-electron chi connectivity index (χ1n) is 3.50. The van der Waals surface area contributed by atoms with Crippen molar-refractivity contribution in [2.24, 2.45) is 0 Å². The van der Waals surface area contributed by atoms with Crippen LogP contribution in [0.2, 0.25) is 19.6 Å². The maximum Gasteiger partial charge on any atom is 0.0679 e. The molecule has 0 aliphatic carbocycles. The van der Waals surface area contributed by atoms with Crippen LogP contribution < -0.4 is 0 Å². The molecular weight excluding hydrogens is 88.1 g/mol. The van der Waals surface area contributed by atoms with E-state index in [1.54, 1.807) is 0 Å². The molecule has 6 heavy (non-hydrogen) atoms. The Balaban J connectivity index is 4.40. The molecule has 0 saturated carbocycles. The van der Waals surface area contributed by atoms with Crippen LogP contribution in [0.25, 0.3) is 0 Å². The van der Waals surface area contributed by atoms with E-state index < -0.39 is 8.07 Å². The molecule has 0 rings (SSSR count). The third kappa shape index (κ3) is 3.96. The van der Waals surface area contributed by atoms with Crippen LogP contribution in [0, 0.1) is 0 Å². The molecule has 0 spiro atoms. The van der Waals surface area contributed by atoms with Gasteiger partial charge in [-0.3, -0.25) is 0 Å². The summed E-state index contributed by atoms with van der Waals surface area (Å²) >= 11 is 0. The van der Waals surface area contributed by atoms with Gasteiger partial charge < -0.3 is 0 Å². The average Bonchev–Trinajstić information content (AvgIpc) is 1.62. The van der Waals surface area contributed by atoms with Gasteiger partial charge in [-0.25, -0.2) is 0 Å². The Morgan fingerprint density at radius 3 is 2.33 bits per heavy atom. The third-order valence-corrected chi connectivity index (χ3v) is 1.12. The van der Waals surface area contributed by atoms with Crippen molar-refractivity contribution in [3.8, 4) is 0 Å². The Bertz CT molecular complexity index is 130. The van der Waals surface area contributed by atoms with Gasteiger partial charge in [-0.1, -0.05) is 19.6 Å². The molecule has 0 aromatic rings. The maximum absolute atomic E-state index is 7.24. The molecule has 1 heteroatoms. The molecule has 0 N–H and O–H groups in total. The van der Waals surface area contributed by atoms with Crippen LogP contribution in [-0.2, 0) is 0 Å². The van der Waals surface area contributed by atoms with Crippen LogP contribution in [0.3, 0.4) is 0 Å². The van der Waals surface area contributed by atoms with Gasteiger partial charge in [0.25, 0.3) is 0 Å². The Labute approximate surface area is 45.1 Å². The molecule has 36 valence electrons. The Morgan fingerprint density at radius 2 is 2.33 bits per heavy atom. The molecule has 0 aliphatic rings. The SMILES string of the molecule is [2H]C([2H])=C([2H])[Si](C)(C)C. The summed E-state index contributed by atoms with van der Waals surface area (Å²) in [7, 11) is -1.65. The van der Waals surface area contributed by atoms with Gasteiger partial charge in [-0.05, 0) is 0 Å². The molecular formula is C5H12Si. The lowest BCUT2D eigenvalue weighted by atomic mass is 11.3. The zero-order chi connectivity index (χ0) is 7.65. The van der Waals surface area contributed by atoms with Crippen molar-refractivity contribution in [2.75, 3.05) is 0 Å². The zero-order valence-electron chi connectivity index (χ0n) is 7.50. The molecule has 0 bridgehead atoms. The largest absolute Gasteiger partial charge is 0.107 e. The lowest BCUT2D eigenvalue weighted by Crippen LogP contribution is -2.14. The van der Waals surface area contributed by atoms with Crippen LogP contribution in [0.5, 0.6) is 0 Å². The molecule has 0 nitrogen and oxygen atoms in total. The fourth-order valence-corrected chi connectivity index (χ4v) is 0. The molecule has 0 unspecified atom stereocenters. The first kappa shape index (κ1) is 2.31. The van der Waals surface area contributed by atoms with Crippen molar-refractivity contribution in [2.45, 2.75) is 19.6 Å². The molecule has 0 atom stereocenters. The highest BCUT2D eigenvalue weighted by Crippen LogP contribution is 1.98. The van der Waals surface area contributed by atoms with Gasteiger partial charge in [0.1, 0.15) is 0 Å². The van der Waals surface area contributed by atoms with Crippen molar-refractivity contribution in [3.63, 3.8) is 0 Å². The number of rotatable bonds is 1. The summed E-state index contributed by atoms with van der Waals surface area (Å²) in [6.45, 7) is 5.55. The fourth-order valence-electron chi connectivity index (χ4n) is 0. The molecule has 0 radical (unpaired) electrons. The Morgan fingerprint density at radius 1 is 1.83 bits per heavy atom. The minimum Gasteiger partial charge on any atom is -0.107 e. The van der Waals surface area contributed by atoms with E-state index in [1.165, 1.54) is 0 Å². The van der Waals surface area contributed by atoms with Gasteiger partial charge in [0.15, 0.2) is 0 Å². The molecule has 0 aromatic carbocycles. The molecule has 0 amide bonds. The van der Waals surface area contributed by atoms with E-state index in [0.717, 1.165) is 0 Å². The minimum absolute atomic E-state index is 0.225. The Hall–Kier alpha value is -0.0431. The van der Waals surface area contributed by atoms with E-state index in [0.29, 0.717) is 0 Å². The van der Waals surface area contributed by atoms with Crippen molar-refractivity contribution < 1.29 is 4.11 Å². The summed E-state index contributed by atoms with van der Waals surface area (Å²) in [6, 6.07) is 0. The molecule has 0 saturated heterocycles. The second kappa shape index (κ2) is 1.60.